The molecular formula is C17H25N3O5. The number of ether oxygens (including phenoxy) is 1. The number of nitrogens with zero attached hydrogens (tertiary/aromatic N) is 1. The number of methoxy groups -OCH3 is 1. The molecule has 0 aliphatic carbocycles. The molecule has 0 saturated heterocycles. The Hall–Kier alpha value is -2.61. The van der Waals surface area contributed by atoms with Crippen LogP contribution in [0.2, 0.25) is 0 Å². The third kappa shape index (κ3) is 7.21. The normalized spacial score (nSPS) is 11.5. The molecule has 1 aromatic rings. The molecule has 1 unspecified atom stereocenters. The highest BCUT2D eigenvalue weighted by molar-refractivity contribution is 5.94. The van der Waals surface area contributed by atoms with Gasteiger partial charge in [0.25, 0.3) is 5.91 Å². The van der Waals surface area contributed by atoms with Crippen molar-refractivity contribution >= 4 is 17.8 Å². The Bertz CT molecular complexity index is 588. The number of aliphatic carboxylic acids is 1. The molecule has 1 aromatic carbocycles. The fraction of sp³-hybridized carbons (Fsp3) is 0.471. The number of carboxylic acids is 1. The third-order valence-electron chi connectivity index (χ3n) is 3.65. The number of unbranched alkanes of at least 4 members (excludes halogenated alkanes) is 1. The standard InChI is InChI=1S/C17H25N3O5/c1-20(11-15(21)22)17(24)14(18)5-3-4-10-19-16(23)12-6-8-13(25-2)9-7-12/h6-9,14H,3-5,10-11,18H2,1-2H3,(H,19,23)(H,21,22). The van der Waals surface area contributed by atoms with Gasteiger partial charge in [-0.1, -0.05) is 0 Å². The zero-order valence-electron chi connectivity index (χ0n) is 14.5. The minimum atomic E-state index is -1.08. The van der Waals surface area contributed by atoms with E-state index in [1.165, 1.54) is 7.05 Å². The molecule has 0 heterocycles. The summed E-state index contributed by atoms with van der Waals surface area (Å²) in [6.45, 7) is 0.0984. The molecule has 0 aliphatic rings. The first-order valence-corrected chi connectivity index (χ1v) is 7.99. The fourth-order valence-electron chi connectivity index (χ4n) is 2.22. The van der Waals surface area contributed by atoms with Crippen LogP contribution >= 0.6 is 0 Å². The highest BCUT2D eigenvalue weighted by Gasteiger charge is 2.19. The monoisotopic (exact) mass is 351 g/mol. The van der Waals surface area contributed by atoms with E-state index in [4.69, 9.17) is 15.6 Å². The van der Waals surface area contributed by atoms with Gasteiger partial charge in [0.2, 0.25) is 5.91 Å². The smallest absolute Gasteiger partial charge is 0.323 e. The van der Waals surface area contributed by atoms with E-state index in [1.54, 1.807) is 31.4 Å². The van der Waals surface area contributed by atoms with Crippen LogP contribution < -0.4 is 15.8 Å². The highest BCUT2D eigenvalue weighted by Crippen LogP contribution is 2.11. The molecule has 8 heteroatoms. The van der Waals surface area contributed by atoms with Gasteiger partial charge in [-0.2, -0.15) is 0 Å². The van der Waals surface area contributed by atoms with Gasteiger partial charge in [-0.3, -0.25) is 14.4 Å². The van der Waals surface area contributed by atoms with Crippen LogP contribution in [0.3, 0.4) is 0 Å². The number of carbonyl (C=O) groups excluding carboxylic acids is 2. The molecule has 8 nitrogen and oxygen atoms in total. The van der Waals surface area contributed by atoms with E-state index in [1.807, 2.05) is 0 Å². The topological polar surface area (TPSA) is 122 Å². The molecule has 4 N–H and O–H groups in total. The first-order chi connectivity index (χ1) is 11.8. The van der Waals surface area contributed by atoms with Crippen molar-refractivity contribution in [1.29, 1.82) is 0 Å². The van der Waals surface area contributed by atoms with E-state index in [-0.39, 0.29) is 12.5 Å². The second kappa shape index (κ2) is 10.3. The largest absolute Gasteiger partial charge is 0.497 e. The Morgan fingerprint density at radius 1 is 1.24 bits per heavy atom. The van der Waals surface area contributed by atoms with Gasteiger partial charge in [-0.05, 0) is 43.5 Å². The summed E-state index contributed by atoms with van der Waals surface area (Å²) >= 11 is 0. The number of benzene rings is 1. The lowest BCUT2D eigenvalue weighted by Gasteiger charge is -2.19. The van der Waals surface area contributed by atoms with Crippen molar-refractivity contribution in [3.63, 3.8) is 0 Å². The molecule has 1 atom stereocenters. The van der Waals surface area contributed by atoms with Crippen LogP contribution in [-0.2, 0) is 9.59 Å². The lowest BCUT2D eigenvalue weighted by molar-refractivity contribution is -0.144. The molecule has 0 bridgehead atoms. The number of hydrogen-bond donors (Lipinski definition) is 3. The summed E-state index contributed by atoms with van der Waals surface area (Å²) in [6.07, 6.45) is 1.75. The zero-order valence-corrected chi connectivity index (χ0v) is 14.5. The lowest BCUT2D eigenvalue weighted by Crippen LogP contribution is -2.43. The van der Waals surface area contributed by atoms with Crippen LogP contribution in [0.1, 0.15) is 29.6 Å². The van der Waals surface area contributed by atoms with Crippen LogP contribution in [0.4, 0.5) is 0 Å². The number of nitrogens with two attached hydrogens (primary N) is 1. The van der Waals surface area contributed by atoms with Gasteiger partial charge < -0.3 is 25.8 Å². The Morgan fingerprint density at radius 2 is 1.88 bits per heavy atom. The summed E-state index contributed by atoms with van der Waals surface area (Å²) in [4.78, 5) is 35.5. The van der Waals surface area contributed by atoms with Gasteiger partial charge in [-0.25, -0.2) is 0 Å². The van der Waals surface area contributed by atoms with Gasteiger partial charge in [0.15, 0.2) is 0 Å². The zero-order chi connectivity index (χ0) is 18.8. The third-order valence-corrected chi connectivity index (χ3v) is 3.65. The van der Waals surface area contributed by atoms with Gasteiger partial charge in [0.1, 0.15) is 12.3 Å². The minimum absolute atomic E-state index is 0.177. The van der Waals surface area contributed by atoms with Crippen LogP contribution in [0.15, 0.2) is 24.3 Å². The molecule has 0 spiro atoms. The molecule has 2 amide bonds. The molecule has 1 rings (SSSR count). The lowest BCUT2D eigenvalue weighted by atomic mass is 10.1. The summed E-state index contributed by atoms with van der Waals surface area (Å²) < 4.78 is 5.03. The van der Waals surface area contributed by atoms with E-state index in [0.717, 1.165) is 4.90 Å². The minimum Gasteiger partial charge on any atom is -0.497 e. The van der Waals surface area contributed by atoms with Crippen molar-refractivity contribution in [2.45, 2.75) is 25.3 Å². The maximum Gasteiger partial charge on any atom is 0.323 e. The number of hydrogen-bond acceptors (Lipinski definition) is 5. The van der Waals surface area contributed by atoms with Gasteiger partial charge in [-0.15, -0.1) is 0 Å². The average molecular weight is 351 g/mol. The summed E-state index contributed by atoms with van der Waals surface area (Å²) in [5.74, 6) is -0.971. The molecule has 0 fully saturated rings. The average Bonchev–Trinajstić information content (AvgIpc) is 2.59. The molecule has 25 heavy (non-hydrogen) atoms. The second-order valence-electron chi connectivity index (χ2n) is 5.67. The Kier molecular flexibility index (Phi) is 8.42. The highest BCUT2D eigenvalue weighted by atomic mass is 16.5. The van der Waals surface area contributed by atoms with Crippen LogP contribution in [0.25, 0.3) is 0 Å². The van der Waals surface area contributed by atoms with Crippen molar-refractivity contribution < 1.29 is 24.2 Å². The Morgan fingerprint density at radius 3 is 2.44 bits per heavy atom. The number of carbonyl (C=O) groups is 3. The Balaban J connectivity index is 2.25. The SMILES string of the molecule is COc1ccc(C(=O)NCCCCC(N)C(=O)N(C)CC(=O)O)cc1. The summed E-state index contributed by atoms with van der Waals surface area (Å²) in [5, 5.41) is 11.4. The van der Waals surface area contributed by atoms with Gasteiger partial charge in [0.05, 0.1) is 13.2 Å². The molecule has 0 aliphatic heterocycles. The number of carboxylic acid groups (broad SMARTS) is 1. The van der Waals surface area contributed by atoms with Crippen molar-refractivity contribution in [2.75, 3.05) is 27.2 Å². The Labute approximate surface area is 146 Å². The number of amides is 2. The molecule has 138 valence electrons. The second-order valence-corrected chi connectivity index (χ2v) is 5.67. The number of rotatable bonds is 10. The van der Waals surface area contributed by atoms with Crippen molar-refractivity contribution in [2.24, 2.45) is 5.73 Å². The van der Waals surface area contributed by atoms with Crippen molar-refractivity contribution in [3.8, 4) is 5.75 Å². The molecular weight excluding hydrogens is 326 g/mol. The predicted octanol–water partition coefficient (Wildman–Crippen LogP) is 0.466. The quantitative estimate of drug-likeness (QED) is 0.527. The summed E-state index contributed by atoms with van der Waals surface area (Å²) in [7, 11) is 2.97. The van der Waals surface area contributed by atoms with Gasteiger partial charge in [0, 0.05) is 19.2 Å². The van der Waals surface area contributed by atoms with E-state index in [9.17, 15) is 14.4 Å². The van der Waals surface area contributed by atoms with Crippen LogP contribution in [0.5, 0.6) is 5.75 Å². The van der Waals surface area contributed by atoms with E-state index in [0.29, 0.717) is 37.1 Å². The van der Waals surface area contributed by atoms with Crippen molar-refractivity contribution in [1.82, 2.24) is 10.2 Å². The summed E-state index contributed by atoms with van der Waals surface area (Å²) in [6, 6.07) is 6.06. The first-order valence-electron chi connectivity index (χ1n) is 7.99. The van der Waals surface area contributed by atoms with Crippen LogP contribution in [0, 0.1) is 0 Å². The predicted molar refractivity (Wildman–Crippen MR) is 92.4 cm³/mol. The maximum absolute atomic E-state index is 11.9. The number of likely N-dealkylation sites (N-methyl/N-ethyl adjacent to an activating group) is 1. The van der Waals surface area contributed by atoms with E-state index in [2.05, 4.69) is 5.32 Å². The molecule has 0 radical (unpaired) electrons. The number of nitrogens with one attached hydrogen (secondary N) is 1. The van der Waals surface area contributed by atoms with Crippen LogP contribution in [-0.4, -0.2) is 61.1 Å². The fourth-order valence-corrected chi connectivity index (χ4v) is 2.22. The van der Waals surface area contributed by atoms with Gasteiger partial charge >= 0.3 is 5.97 Å². The first kappa shape index (κ1) is 20.4. The van der Waals surface area contributed by atoms with Crippen molar-refractivity contribution in [3.05, 3.63) is 29.8 Å². The van der Waals surface area contributed by atoms with E-state index >= 15 is 0 Å². The van der Waals surface area contributed by atoms with E-state index < -0.39 is 17.9 Å². The molecule has 0 aromatic heterocycles. The summed E-state index contributed by atoms with van der Waals surface area (Å²) in [5.41, 5.74) is 6.32. The maximum atomic E-state index is 11.9. The molecule has 0 saturated carbocycles.